The number of pyridine rings is 1. The number of anilines is 1. The molecule has 0 spiro atoms. The standard InChI is InChI=1S/C16H13N3O2/c1-11-3-2-4-14(18-11)16(20)19-13-7-5-12(6-8-13)15-9-17-10-21-15/h2-10H,1H3,(H,19,20). The maximum atomic E-state index is 12.1. The molecule has 21 heavy (non-hydrogen) atoms. The van der Waals surface area contributed by atoms with E-state index in [4.69, 9.17) is 4.42 Å². The molecule has 5 heteroatoms. The lowest BCUT2D eigenvalue weighted by Crippen LogP contribution is -2.13. The Morgan fingerprint density at radius 3 is 2.62 bits per heavy atom. The topological polar surface area (TPSA) is 68.0 Å². The summed E-state index contributed by atoms with van der Waals surface area (Å²) < 4.78 is 5.21. The molecule has 0 fully saturated rings. The number of nitrogens with zero attached hydrogens (tertiary/aromatic N) is 2. The van der Waals surface area contributed by atoms with Gasteiger partial charge in [0, 0.05) is 16.9 Å². The van der Waals surface area contributed by atoms with Crippen molar-refractivity contribution in [3.63, 3.8) is 0 Å². The van der Waals surface area contributed by atoms with Crippen LogP contribution in [0, 0.1) is 6.92 Å². The summed E-state index contributed by atoms with van der Waals surface area (Å²) in [7, 11) is 0. The van der Waals surface area contributed by atoms with Crippen LogP contribution in [0.25, 0.3) is 11.3 Å². The normalized spacial score (nSPS) is 10.3. The summed E-state index contributed by atoms with van der Waals surface area (Å²) in [6.45, 7) is 1.85. The number of carbonyl (C=O) groups excluding carboxylic acids is 1. The molecule has 0 aliphatic carbocycles. The van der Waals surface area contributed by atoms with E-state index in [0.29, 0.717) is 17.1 Å². The summed E-state index contributed by atoms with van der Waals surface area (Å²) in [5.41, 5.74) is 2.81. The molecule has 0 aliphatic rings. The minimum atomic E-state index is -0.230. The Kier molecular flexibility index (Phi) is 3.47. The van der Waals surface area contributed by atoms with Crippen LogP contribution >= 0.6 is 0 Å². The number of rotatable bonds is 3. The minimum absolute atomic E-state index is 0.230. The molecule has 1 aromatic carbocycles. The van der Waals surface area contributed by atoms with E-state index in [2.05, 4.69) is 15.3 Å². The van der Waals surface area contributed by atoms with Crippen molar-refractivity contribution in [3.8, 4) is 11.3 Å². The molecule has 0 atom stereocenters. The average Bonchev–Trinajstić information content (AvgIpc) is 3.02. The second-order valence-electron chi connectivity index (χ2n) is 4.56. The van der Waals surface area contributed by atoms with Crippen LogP contribution in [0.4, 0.5) is 5.69 Å². The fraction of sp³-hybridized carbons (Fsp3) is 0.0625. The summed E-state index contributed by atoms with van der Waals surface area (Å²) in [5.74, 6) is 0.458. The van der Waals surface area contributed by atoms with Gasteiger partial charge in [-0.05, 0) is 43.3 Å². The number of amides is 1. The van der Waals surface area contributed by atoms with Crippen molar-refractivity contribution in [1.82, 2.24) is 9.97 Å². The average molecular weight is 279 g/mol. The quantitative estimate of drug-likeness (QED) is 0.798. The molecule has 3 aromatic rings. The Morgan fingerprint density at radius 1 is 1.14 bits per heavy atom. The van der Waals surface area contributed by atoms with Gasteiger partial charge in [0.2, 0.25) is 0 Å². The highest BCUT2D eigenvalue weighted by Crippen LogP contribution is 2.20. The number of carbonyl (C=O) groups is 1. The zero-order valence-electron chi connectivity index (χ0n) is 11.4. The molecule has 5 nitrogen and oxygen atoms in total. The number of hydrogen-bond donors (Lipinski definition) is 1. The predicted molar refractivity (Wildman–Crippen MR) is 78.9 cm³/mol. The summed E-state index contributed by atoms with van der Waals surface area (Å²) in [6, 6.07) is 12.7. The molecule has 0 radical (unpaired) electrons. The van der Waals surface area contributed by atoms with E-state index in [1.165, 1.54) is 6.39 Å². The molecule has 0 saturated carbocycles. The number of nitrogens with one attached hydrogen (secondary N) is 1. The van der Waals surface area contributed by atoms with Gasteiger partial charge in [-0.2, -0.15) is 0 Å². The van der Waals surface area contributed by atoms with Gasteiger partial charge in [0.15, 0.2) is 12.2 Å². The molecular weight excluding hydrogens is 266 g/mol. The third-order valence-corrected chi connectivity index (χ3v) is 2.98. The van der Waals surface area contributed by atoms with Crippen molar-refractivity contribution >= 4 is 11.6 Å². The lowest BCUT2D eigenvalue weighted by Gasteiger charge is -2.05. The first-order valence-electron chi connectivity index (χ1n) is 6.46. The molecule has 0 saturated heterocycles. The molecule has 104 valence electrons. The van der Waals surface area contributed by atoms with Gasteiger partial charge in [-0.25, -0.2) is 9.97 Å². The van der Waals surface area contributed by atoms with Gasteiger partial charge in [0.05, 0.1) is 6.20 Å². The summed E-state index contributed by atoms with van der Waals surface area (Å²) in [6.07, 6.45) is 3.03. The van der Waals surface area contributed by atoms with Crippen LogP contribution in [0.1, 0.15) is 16.2 Å². The molecule has 0 aliphatic heterocycles. The maximum absolute atomic E-state index is 12.1. The number of aromatic nitrogens is 2. The largest absolute Gasteiger partial charge is 0.444 e. The van der Waals surface area contributed by atoms with E-state index in [-0.39, 0.29) is 5.91 Å². The van der Waals surface area contributed by atoms with Crippen molar-refractivity contribution in [1.29, 1.82) is 0 Å². The smallest absolute Gasteiger partial charge is 0.274 e. The number of benzene rings is 1. The van der Waals surface area contributed by atoms with E-state index in [9.17, 15) is 4.79 Å². The Bertz CT molecular complexity index is 749. The fourth-order valence-electron chi connectivity index (χ4n) is 1.94. The molecular formula is C16H13N3O2. The number of oxazole rings is 1. The summed E-state index contributed by atoms with van der Waals surface area (Å²) in [4.78, 5) is 20.1. The van der Waals surface area contributed by atoms with Gasteiger partial charge >= 0.3 is 0 Å². The van der Waals surface area contributed by atoms with Crippen molar-refractivity contribution in [2.45, 2.75) is 6.92 Å². The highest BCUT2D eigenvalue weighted by molar-refractivity contribution is 6.02. The Labute approximate surface area is 121 Å². The van der Waals surface area contributed by atoms with Gasteiger partial charge in [0.25, 0.3) is 5.91 Å². The van der Waals surface area contributed by atoms with Crippen LogP contribution in [-0.4, -0.2) is 15.9 Å². The van der Waals surface area contributed by atoms with E-state index >= 15 is 0 Å². The van der Waals surface area contributed by atoms with Crippen LogP contribution in [0.2, 0.25) is 0 Å². The molecule has 0 bridgehead atoms. The Balaban J connectivity index is 1.75. The van der Waals surface area contributed by atoms with Gasteiger partial charge in [0.1, 0.15) is 5.69 Å². The SMILES string of the molecule is Cc1cccc(C(=O)Nc2ccc(-c3cnco3)cc2)n1. The third kappa shape index (κ3) is 2.97. The van der Waals surface area contributed by atoms with Crippen molar-refractivity contribution < 1.29 is 9.21 Å². The number of hydrogen-bond acceptors (Lipinski definition) is 4. The minimum Gasteiger partial charge on any atom is -0.444 e. The van der Waals surface area contributed by atoms with Crippen LogP contribution < -0.4 is 5.32 Å². The lowest BCUT2D eigenvalue weighted by molar-refractivity contribution is 0.102. The van der Waals surface area contributed by atoms with Crippen LogP contribution in [0.3, 0.4) is 0 Å². The fourth-order valence-corrected chi connectivity index (χ4v) is 1.94. The van der Waals surface area contributed by atoms with Gasteiger partial charge in [-0.15, -0.1) is 0 Å². The predicted octanol–water partition coefficient (Wildman–Crippen LogP) is 3.30. The summed E-state index contributed by atoms with van der Waals surface area (Å²) >= 11 is 0. The monoisotopic (exact) mass is 279 g/mol. The van der Waals surface area contributed by atoms with E-state index in [0.717, 1.165) is 11.3 Å². The second-order valence-corrected chi connectivity index (χ2v) is 4.56. The molecule has 2 aromatic heterocycles. The van der Waals surface area contributed by atoms with Gasteiger partial charge in [-0.1, -0.05) is 6.07 Å². The Morgan fingerprint density at radius 2 is 1.95 bits per heavy atom. The molecule has 1 N–H and O–H groups in total. The van der Waals surface area contributed by atoms with E-state index < -0.39 is 0 Å². The highest BCUT2D eigenvalue weighted by Gasteiger charge is 2.08. The second kappa shape index (κ2) is 5.58. The van der Waals surface area contributed by atoms with Crippen molar-refractivity contribution in [2.75, 3.05) is 5.32 Å². The van der Waals surface area contributed by atoms with Crippen LogP contribution in [0.15, 0.2) is 59.5 Å². The molecule has 1 amide bonds. The highest BCUT2D eigenvalue weighted by atomic mass is 16.3. The molecule has 0 unspecified atom stereocenters. The van der Waals surface area contributed by atoms with Gasteiger partial charge < -0.3 is 9.73 Å². The zero-order chi connectivity index (χ0) is 14.7. The van der Waals surface area contributed by atoms with Crippen LogP contribution in [0.5, 0.6) is 0 Å². The van der Waals surface area contributed by atoms with Crippen molar-refractivity contribution in [2.24, 2.45) is 0 Å². The van der Waals surface area contributed by atoms with E-state index in [1.807, 2.05) is 43.3 Å². The lowest BCUT2D eigenvalue weighted by atomic mass is 10.1. The molecule has 2 heterocycles. The first-order chi connectivity index (χ1) is 10.2. The van der Waals surface area contributed by atoms with Crippen molar-refractivity contribution in [3.05, 3.63) is 66.4 Å². The van der Waals surface area contributed by atoms with Crippen LogP contribution in [-0.2, 0) is 0 Å². The molecule has 3 rings (SSSR count). The van der Waals surface area contributed by atoms with Gasteiger partial charge in [-0.3, -0.25) is 4.79 Å². The maximum Gasteiger partial charge on any atom is 0.274 e. The summed E-state index contributed by atoms with van der Waals surface area (Å²) in [5, 5.41) is 2.81. The first kappa shape index (κ1) is 13.1. The van der Waals surface area contributed by atoms with E-state index in [1.54, 1.807) is 12.3 Å². The first-order valence-corrected chi connectivity index (χ1v) is 6.46. The number of aryl methyl sites for hydroxylation is 1. The Hall–Kier alpha value is -2.95. The third-order valence-electron chi connectivity index (χ3n) is 2.98. The zero-order valence-corrected chi connectivity index (χ0v) is 11.4.